The van der Waals surface area contributed by atoms with Crippen LogP contribution in [0, 0.1) is 0 Å². The predicted octanol–water partition coefficient (Wildman–Crippen LogP) is 4.02. The van der Waals surface area contributed by atoms with Crippen molar-refractivity contribution in [3.8, 4) is 17.1 Å². The first-order valence-electron chi connectivity index (χ1n) is 9.75. The third-order valence-electron chi connectivity index (χ3n) is 4.80. The molecule has 0 saturated carbocycles. The Morgan fingerprint density at radius 3 is 2.71 bits per heavy atom. The summed E-state index contributed by atoms with van der Waals surface area (Å²) in [5.74, 6) is 0.0695. The zero-order chi connectivity index (χ0) is 22.2. The van der Waals surface area contributed by atoms with Gasteiger partial charge in [0.1, 0.15) is 5.69 Å². The van der Waals surface area contributed by atoms with Crippen LogP contribution in [-0.2, 0) is 12.7 Å². The minimum absolute atomic E-state index is 0.0699. The van der Waals surface area contributed by atoms with Crippen molar-refractivity contribution in [2.45, 2.75) is 45.1 Å². The summed E-state index contributed by atoms with van der Waals surface area (Å²) in [5.41, 5.74) is 0.895. The van der Waals surface area contributed by atoms with Crippen molar-refractivity contribution in [3.05, 3.63) is 59.7 Å². The Morgan fingerprint density at radius 2 is 1.97 bits per heavy atom. The van der Waals surface area contributed by atoms with Crippen molar-refractivity contribution >= 4 is 5.91 Å². The second kappa shape index (κ2) is 8.01. The van der Waals surface area contributed by atoms with Crippen molar-refractivity contribution in [1.82, 2.24) is 25.1 Å². The van der Waals surface area contributed by atoms with Crippen molar-refractivity contribution in [3.63, 3.8) is 0 Å². The second-order valence-corrected chi connectivity index (χ2v) is 7.47. The molecular formula is C21H20F3N5O2. The van der Waals surface area contributed by atoms with Crippen LogP contribution in [0.5, 0.6) is 5.88 Å². The van der Waals surface area contributed by atoms with Gasteiger partial charge in [0.15, 0.2) is 0 Å². The summed E-state index contributed by atoms with van der Waals surface area (Å²) >= 11 is 0. The van der Waals surface area contributed by atoms with Crippen LogP contribution >= 0.6 is 0 Å². The van der Waals surface area contributed by atoms with E-state index < -0.39 is 11.9 Å². The van der Waals surface area contributed by atoms with Crippen molar-refractivity contribution in [1.29, 1.82) is 0 Å². The number of alkyl halides is 3. The highest BCUT2D eigenvalue weighted by molar-refractivity contribution is 5.94. The lowest BCUT2D eigenvalue weighted by Gasteiger charge is -2.13. The molecule has 1 aliphatic heterocycles. The maximum absolute atomic E-state index is 13.0. The first-order chi connectivity index (χ1) is 14.7. The Labute approximate surface area is 176 Å². The fourth-order valence-electron chi connectivity index (χ4n) is 3.42. The van der Waals surface area contributed by atoms with E-state index in [2.05, 4.69) is 20.4 Å². The van der Waals surface area contributed by atoms with E-state index in [1.54, 1.807) is 22.9 Å². The van der Waals surface area contributed by atoms with Crippen LogP contribution < -0.4 is 10.1 Å². The van der Waals surface area contributed by atoms with Gasteiger partial charge in [-0.05, 0) is 44.5 Å². The molecule has 0 saturated heterocycles. The number of rotatable bonds is 5. The van der Waals surface area contributed by atoms with E-state index in [0.717, 1.165) is 18.0 Å². The number of carbonyl (C=O) groups is 1. The van der Waals surface area contributed by atoms with Crippen LogP contribution in [0.25, 0.3) is 11.3 Å². The molecule has 0 bridgehead atoms. The lowest BCUT2D eigenvalue weighted by atomic mass is 10.1. The molecule has 3 aromatic heterocycles. The van der Waals surface area contributed by atoms with E-state index in [9.17, 15) is 18.0 Å². The highest BCUT2D eigenvalue weighted by Crippen LogP contribution is 2.33. The molecule has 0 aliphatic carbocycles. The molecule has 1 amide bonds. The molecule has 31 heavy (non-hydrogen) atoms. The van der Waals surface area contributed by atoms with Gasteiger partial charge in [-0.3, -0.25) is 14.5 Å². The molecule has 1 unspecified atom stereocenters. The van der Waals surface area contributed by atoms with Gasteiger partial charge >= 0.3 is 6.18 Å². The number of carbonyl (C=O) groups excluding carboxylic acids is 1. The van der Waals surface area contributed by atoms with Gasteiger partial charge in [-0.25, -0.2) is 4.98 Å². The fourth-order valence-corrected chi connectivity index (χ4v) is 3.42. The topological polar surface area (TPSA) is 81.9 Å². The summed E-state index contributed by atoms with van der Waals surface area (Å²) in [7, 11) is 0. The van der Waals surface area contributed by atoms with Gasteiger partial charge in [-0.15, -0.1) is 0 Å². The average Bonchev–Trinajstić information content (AvgIpc) is 3.29. The van der Waals surface area contributed by atoms with Gasteiger partial charge in [-0.1, -0.05) is 0 Å². The van der Waals surface area contributed by atoms with E-state index in [1.807, 2.05) is 13.8 Å². The van der Waals surface area contributed by atoms with Crippen LogP contribution in [0.1, 0.15) is 48.1 Å². The Kier molecular flexibility index (Phi) is 5.38. The normalized spacial score (nSPS) is 15.7. The summed E-state index contributed by atoms with van der Waals surface area (Å²) in [6.07, 6.45) is -1.34. The minimum atomic E-state index is -4.53. The zero-order valence-electron chi connectivity index (χ0n) is 16.8. The van der Waals surface area contributed by atoms with E-state index >= 15 is 0 Å². The highest BCUT2D eigenvalue weighted by Gasteiger charge is 2.33. The van der Waals surface area contributed by atoms with Crippen molar-refractivity contribution in [2.75, 3.05) is 0 Å². The molecule has 1 aliphatic rings. The van der Waals surface area contributed by atoms with E-state index in [0.29, 0.717) is 35.7 Å². The lowest BCUT2D eigenvalue weighted by Crippen LogP contribution is -2.27. The summed E-state index contributed by atoms with van der Waals surface area (Å²) in [6, 6.07) is 7.01. The molecule has 7 nitrogen and oxygen atoms in total. The summed E-state index contributed by atoms with van der Waals surface area (Å²) in [6.45, 7) is 4.29. The number of hydrogen-bond acceptors (Lipinski definition) is 5. The van der Waals surface area contributed by atoms with Gasteiger partial charge in [0.2, 0.25) is 5.88 Å². The van der Waals surface area contributed by atoms with Gasteiger partial charge in [0.25, 0.3) is 5.91 Å². The van der Waals surface area contributed by atoms with Gasteiger partial charge in [-0.2, -0.15) is 18.3 Å². The first-order valence-corrected chi connectivity index (χ1v) is 9.75. The molecule has 0 fully saturated rings. The largest absolute Gasteiger partial charge is 0.475 e. The van der Waals surface area contributed by atoms with Crippen molar-refractivity contribution < 1.29 is 22.7 Å². The van der Waals surface area contributed by atoms with Crippen LogP contribution in [0.2, 0.25) is 0 Å². The Bertz CT molecular complexity index is 1110. The minimum Gasteiger partial charge on any atom is -0.475 e. The SMILES string of the molecule is CC(C)Oc1cc(C(=O)NC2CCn3nc(-c4ccnc(C(F)(F)F)c4)cc32)ccn1. The van der Waals surface area contributed by atoms with Gasteiger partial charge < -0.3 is 10.1 Å². The van der Waals surface area contributed by atoms with Gasteiger partial charge in [0, 0.05) is 36.1 Å². The number of hydrogen-bond donors (Lipinski definition) is 1. The van der Waals surface area contributed by atoms with Crippen LogP contribution in [0.3, 0.4) is 0 Å². The van der Waals surface area contributed by atoms with Gasteiger partial charge in [0.05, 0.1) is 23.5 Å². The van der Waals surface area contributed by atoms with Crippen LogP contribution in [0.4, 0.5) is 13.2 Å². The second-order valence-electron chi connectivity index (χ2n) is 7.47. The molecule has 0 aromatic carbocycles. The fraction of sp³-hybridized carbons (Fsp3) is 0.333. The Hall–Kier alpha value is -3.43. The van der Waals surface area contributed by atoms with Crippen LogP contribution in [0.15, 0.2) is 42.7 Å². The molecule has 1 N–H and O–H groups in total. The first kappa shape index (κ1) is 20.8. The quantitative estimate of drug-likeness (QED) is 0.660. The highest BCUT2D eigenvalue weighted by atomic mass is 19.4. The third kappa shape index (κ3) is 4.52. The average molecular weight is 431 g/mol. The molecule has 1 atom stereocenters. The van der Waals surface area contributed by atoms with E-state index in [4.69, 9.17) is 4.74 Å². The summed E-state index contributed by atoms with van der Waals surface area (Å²) in [5, 5.41) is 7.36. The van der Waals surface area contributed by atoms with E-state index in [1.165, 1.54) is 12.3 Å². The number of aryl methyl sites for hydroxylation is 1. The number of halogens is 3. The van der Waals surface area contributed by atoms with Crippen LogP contribution in [-0.4, -0.2) is 31.8 Å². The standard InChI is InChI=1S/C21H20F3N5O2/c1-12(2)31-19-10-14(4-7-26-19)20(30)27-15-5-8-29-17(15)11-16(28-29)13-3-6-25-18(9-13)21(22,23)24/h3-4,6-7,9-12,15H,5,8H2,1-2H3,(H,27,30). The molecule has 162 valence electrons. The molecule has 3 aromatic rings. The molecule has 0 spiro atoms. The number of pyridine rings is 2. The maximum atomic E-state index is 13.0. The van der Waals surface area contributed by atoms with Crippen molar-refractivity contribution in [2.24, 2.45) is 0 Å². The Balaban J connectivity index is 1.52. The monoisotopic (exact) mass is 431 g/mol. The summed E-state index contributed by atoms with van der Waals surface area (Å²) in [4.78, 5) is 20.2. The number of aromatic nitrogens is 4. The predicted molar refractivity (Wildman–Crippen MR) is 105 cm³/mol. The zero-order valence-corrected chi connectivity index (χ0v) is 16.8. The number of fused-ring (bicyclic) bond motifs is 1. The molecule has 4 rings (SSSR count). The smallest absolute Gasteiger partial charge is 0.433 e. The number of nitrogens with one attached hydrogen (secondary N) is 1. The number of amides is 1. The lowest BCUT2D eigenvalue weighted by molar-refractivity contribution is -0.141. The number of ether oxygens (including phenoxy) is 1. The molecule has 0 radical (unpaired) electrons. The Morgan fingerprint density at radius 1 is 1.19 bits per heavy atom. The third-order valence-corrected chi connectivity index (χ3v) is 4.80. The van der Waals surface area contributed by atoms with E-state index in [-0.39, 0.29) is 18.1 Å². The molecule has 10 heteroatoms. The summed E-state index contributed by atoms with van der Waals surface area (Å²) < 4.78 is 46.1. The molecule has 4 heterocycles. The molecular weight excluding hydrogens is 411 g/mol. The maximum Gasteiger partial charge on any atom is 0.433 e. The number of nitrogens with zero attached hydrogens (tertiary/aromatic N) is 4.